The summed E-state index contributed by atoms with van der Waals surface area (Å²) in [6.07, 6.45) is 5.35. The van der Waals surface area contributed by atoms with E-state index in [-0.39, 0.29) is 31.0 Å². The second kappa shape index (κ2) is 12.1. The van der Waals surface area contributed by atoms with Crippen LogP contribution in [0.25, 0.3) is 0 Å². The highest BCUT2D eigenvalue weighted by molar-refractivity contribution is 9.10. The molecule has 178 valence electrons. The van der Waals surface area contributed by atoms with Gasteiger partial charge in [0.15, 0.2) is 6.61 Å². The minimum absolute atomic E-state index is 0.110. The van der Waals surface area contributed by atoms with E-state index >= 15 is 0 Å². The van der Waals surface area contributed by atoms with Gasteiger partial charge in [0, 0.05) is 32.7 Å². The standard InChI is InChI=1S/C25H29BrCl2N2O3/c1-16-13-19(11-12-21(16)26)33-15-24(31)30(14-20-22(27)9-6-10-23(20)28)17(2)25(32)29-18-7-4-3-5-8-18/h6,9-13,17-18H,3-5,7-8,14-15H2,1-2H3,(H,29,32)/t17-/m0/s1. The molecule has 1 N–H and O–H groups in total. The summed E-state index contributed by atoms with van der Waals surface area (Å²) in [5.74, 6) is 0.0786. The maximum absolute atomic E-state index is 13.3. The van der Waals surface area contributed by atoms with Crippen LogP contribution in [-0.4, -0.2) is 35.4 Å². The summed E-state index contributed by atoms with van der Waals surface area (Å²) in [5.41, 5.74) is 1.60. The molecule has 0 spiro atoms. The van der Waals surface area contributed by atoms with Gasteiger partial charge < -0.3 is 15.0 Å². The van der Waals surface area contributed by atoms with Crippen LogP contribution in [0.4, 0.5) is 0 Å². The number of halogens is 3. The Labute approximate surface area is 213 Å². The number of carbonyl (C=O) groups excluding carboxylic acids is 2. The summed E-state index contributed by atoms with van der Waals surface area (Å²) in [4.78, 5) is 27.8. The Bertz CT molecular complexity index is 975. The van der Waals surface area contributed by atoms with Crippen LogP contribution in [0.15, 0.2) is 40.9 Å². The first-order valence-corrected chi connectivity index (χ1v) is 12.7. The molecule has 1 atom stereocenters. The Hall–Kier alpha value is -1.76. The maximum Gasteiger partial charge on any atom is 0.261 e. The molecular weight excluding hydrogens is 527 g/mol. The second-order valence-corrected chi connectivity index (χ2v) is 10.1. The number of hydrogen-bond acceptors (Lipinski definition) is 3. The van der Waals surface area contributed by atoms with Crippen molar-refractivity contribution in [3.05, 3.63) is 62.0 Å². The van der Waals surface area contributed by atoms with E-state index in [4.69, 9.17) is 27.9 Å². The van der Waals surface area contributed by atoms with Crippen LogP contribution in [-0.2, 0) is 16.1 Å². The molecule has 1 saturated carbocycles. The molecule has 0 unspecified atom stereocenters. The van der Waals surface area contributed by atoms with E-state index in [9.17, 15) is 9.59 Å². The molecule has 2 aromatic rings. The minimum Gasteiger partial charge on any atom is -0.484 e. The monoisotopic (exact) mass is 554 g/mol. The van der Waals surface area contributed by atoms with Crippen LogP contribution in [0.3, 0.4) is 0 Å². The molecule has 33 heavy (non-hydrogen) atoms. The lowest BCUT2D eigenvalue weighted by atomic mass is 9.95. The van der Waals surface area contributed by atoms with E-state index in [0.29, 0.717) is 21.4 Å². The summed E-state index contributed by atoms with van der Waals surface area (Å²) in [7, 11) is 0. The van der Waals surface area contributed by atoms with Crippen molar-refractivity contribution in [3.8, 4) is 5.75 Å². The number of nitrogens with one attached hydrogen (secondary N) is 1. The topological polar surface area (TPSA) is 58.6 Å². The van der Waals surface area contributed by atoms with Crippen molar-refractivity contribution in [2.45, 2.75) is 64.6 Å². The second-order valence-electron chi connectivity index (χ2n) is 8.44. The molecular formula is C25H29BrCl2N2O3. The SMILES string of the molecule is Cc1cc(OCC(=O)N(Cc2c(Cl)cccc2Cl)[C@@H](C)C(=O)NC2CCCCC2)ccc1Br. The molecule has 0 aromatic heterocycles. The van der Waals surface area contributed by atoms with Gasteiger partial charge in [0.1, 0.15) is 11.8 Å². The molecule has 1 aliphatic rings. The number of carbonyl (C=O) groups is 2. The quantitative estimate of drug-likeness (QED) is 0.415. The van der Waals surface area contributed by atoms with Crippen LogP contribution in [0, 0.1) is 6.92 Å². The summed E-state index contributed by atoms with van der Waals surface area (Å²) in [6.45, 7) is 3.58. The molecule has 2 amide bonds. The van der Waals surface area contributed by atoms with Crippen molar-refractivity contribution >= 4 is 50.9 Å². The predicted octanol–water partition coefficient (Wildman–Crippen LogP) is 6.31. The van der Waals surface area contributed by atoms with Gasteiger partial charge in [-0.3, -0.25) is 9.59 Å². The highest BCUT2D eigenvalue weighted by Gasteiger charge is 2.29. The Morgan fingerprint density at radius 3 is 2.45 bits per heavy atom. The average molecular weight is 556 g/mol. The highest BCUT2D eigenvalue weighted by Crippen LogP contribution is 2.27. The fraction of sp³-hybridized carbons (Fsp3) is 0.440. The largest absolute Gasteiger partial charge is 0.484 e. The molecule has 8 heteroatoms. The van der Waals surface area contributed by atoms with Crippen molar-refractivity contribution in [1.82, 2.24) is 10.2 Å². The number of rotatable bonds is 8. The van der Waals surface area contributed by atoms with Crippen molar-refractivity contribution < 1.29 is 14.3 Å². The molecule has 0 heterocycles. The average Bonchev–Trinajstić information content (AvgIpc) is 2.79. The molecule has 0 aliphatic heterocycles. The van der Waals surface area contributed by atoms with E-state index in [1.54, 1.807) is 31.2 Å². The number of benzene rings is 2. The first-order valence-electron chi connectivity index (χ1n) is 11.2. The smallest absolute Gasteiger partial charge is 0.261 e. The molecule has 0 saturated heterocycles. The van der Waals surface area contributed by atoms with Crippen LogP contribution >= 0.6 is 39.1 Å². The number of aryl methyl sites for hydroxylation is 1. The first-order chi connectivity index (χ1) is 15.8. The Kier molecular flexibility index (Phi) is 9.47. The number of hydrogen-bond donors (Lipinski definition) is 1. The van der Waals surface area contributed by atoms with E-state index in [2.05, 4.69) is 21.2 Å². The molecule has 0 bridgehead atoms. The van der Waals surface area contributed by atoms with Crippen molar-refractivity contribution in [3.63, 3.8) is 0 Å². The van der Waals surface area contributed by atoms with Gasteiger partial charge in [0.25, 0.3) is 5.91 Å². The fourth-order valence-electron chi connectivity index (χ4n) is 3.94. The van der Waals surface area contributed by atoms with Gasteiger partial charge in [0.2, 0.25) is 5.91 Å². The summed E-state index contributed by atoms with van der Waals surface area (Å²) in [5, 5.41) is 4.01. The molecule has 1 fully saturated rings. The summed E-state index contributed by atoms with van der Waals surface area (Å²) in [6, 6.07) is 10.1. The maximum atomic E-state index is 13.3. The number of amides is 2. The summed E-state index contributed by atoms with van der Waals surface area (Å²) >= 11 is 16.2. The van der Waals surface area contributed by atoms with Gasteiger partial charge in [-0.1, -0.05) is 64.5 Å². The highest BCUT2D eigenvalue weighted by atomic mass is 79.9. The van der Waals surface area contributed by atoms with Crippen molar-refractivity contribution in [2.75, 3.05) is 6.61 Å². The van der Waals surface area contributed by atoms with E-state index in [1.165, 1.54) is 11.3 Å². The lowest BCUT2D eigenvalue weighted by Crippen LogP contribution is -2.51. The zero-order valence-corrected chi connectivity index (χ0v) is 22.0. The van der Waals surface area contributed by atoms with E-state index in [0.717, 1.165) is 35.7 Å². The number of ether oxygens (including phenoxy) is 1. The van der Waals surface area contributed by atoms with Gasteiger partial charge in [-0.25, -0.2) is 0 Å². The van der Waals surface area contributed by atoms with Crippen LogP contribution in [0.2, 0.25) is 10.0 Å². The Morgan fingerprint density at radius 2 is 1.82 bits per heavy atom. The van der Waals surface area contributed by atoms with Crippen LogP contribution in [0.1, 0.15) is 50.2 Å². The van der Waals surface area contributed by atoms with Crippen molar-refractivity contribution in [2.24, 2.45) is 0 Å². The lowest BCUT2D eigenvalue weighted by molar-refractivity contribution is -0.142. The molecule has 2 aromatic carbocycles. The molecule has 5 nitrogen and oxygen atoms in total. The molecule has 3 rings (SSSR count). The third kappa shape index (κ3) is 7.11. The Balaban J connectivity index is 1.76. The fourth-order valence-corrected chi connectivity index (χ4v) is 4.70. The van der Waals surface area contributed by atoms with Crippen LogP contribution < -0.4 is 10.1 Å². The summed E-state index contributed by atoms with van der Waals surface area (Å²) < 4.78 is 6.72. The third-order valence-electron chi connectivity index (χ3n) is 6.00. The third-order valence-corrected chi connectivity index (χ3v) is 7.60. The van der Waals surface area contributed by atoms with Gasteiger partial charge in [-0.05, 0) is 62.6 Å². The van der Waals surface area contributed by atoms with Gasteiger partial charge >= 0.3 is 0 Å². The van der Waals surface area contributed by atoms with Gasteiger partial charge in [0.05, 0.1) is 0 Å². The zero-order chi connectivity index (χ0) is 24.0. The Morgan fingerprint density at radius 1 is 1.15 bits per heavy atom. The minimum atomic E-state index is -0.706. The van der Waals surface area contributed by atoms with E-state index in [1.807, 2.05) is 19.1 Å². The normalized spacial score (nSPS) is 15.1. The van der Waals surface area contributed by atoms with Gasteiger partial charge in [-0.2, -0.15) is 0 Å². The number of nitrogens with zero attached hydrogens (tertiary/aromatic N) is 1. The van der Waals surface area contributed by atoms with Crippen molar-refractivity contribution in [1.29, 1.82) is 0 Å². The zero-order valence-electron chi connectivity index (χ0n) is 18.9. The first kappa shape index (κ1) is 25.9. The van der Waals surface area contributed by atoms with Gasteiger partial charge in [-0.15, -0.1) is 0 Å². The van der Waals surface area contributed by atoms with E-state index < -0.39 is 6.04 Å². The molecule has 1 aliphatic carbocycles. The molecule has 0 radical (unpaired) electrons. The predicted molar refractivity (Wildman–Crippen MR) is 136 cm³/mol. The lowest BCUT2D eigenvalue weighted by Gasteiger charge is -2.31. The van der Waals surface area contributed by atoms with Crippen LogP contribution in [0.5, 0.6) is 5.75 Å².